The molecule has 136 valence electrons. The Hall–Kier alpha value is -2.55. The highest BCUT2D eigenvalue weighted by Gasteiger charge is 2.17. The summed E-state index contributed by atoms with van der Waals surface area (Å²) in [5.41, 5.74) is 11.3. The van der Waals surface area contributed by atoms with Gasteiger partial charge in [-0.05, 0) is 99.5 Å². The largest absolute Gasteiger partial charge is 0.333 e. The van der Waals surface area contributed by atoms with E-state index in [0.717, 1.165) is 16.7 Å². The lowest BCUT2D eigenvalue weighted by molar-refractivity contribution is 0.756. The third-order valence-electron chi connectivity index (χ3n) is 5.76. The summed E-state index contributed by atoms with van der Waals surface area (Å²) < 4.78 is 3.62. The number of aryl methyl sites for hydroxylation is 4. The molecule has 0 aliphatic heterocycles. The first kappa shape index (κ1) is 18.2. The first-order valence-corrected chi connectivity index (χ1v) is 9.08. The Labute approximate surface area is 155 Å². The maximum Gasteiger partial charge on any atom is 0.333 e. The van der Waals surface area contributed by atoms with E-state index in [1.165, 1.54) is 38.9 Å². The maximum atomic E-state index is 13.2. The number of fused-ring (bicyclic) bond motifs is 1. The second-order valence-electron chi connectivity index (χ2n) is 7.60. The van der Waals surface area contributed by atoms with E-state index in [-0.39, 0.29) is 5.69 Å². The Balaban J connectivity index is 2.34. The Morgan fingerprint density at radius 1 is 0.846 bits per heavy atom. The lowest BCUT2D eigenvalue weighted by atomic mass is 9.94. The van der Waals surface area contributed by atoms with E-state index in [4.69, 9.17) is 0 Å². The molecule has 0 saturated heterocycles. The monoisotopic (exact) mass is 348 g/mol. The summed E-state index contributed by atoms with van der Waals surface area (Å²) in [6, 6.07) is 6.44. The van der Waals surface area contributed by atoms with Gasteiger partial charge >= 0.3 is 5.69 Å². The first-order chi connectivity index (χ1) is 12.1. The fourth-order valence-corrected chi connectivity index (χ4v) is 3.72. The number of nitrogens with zero attached hydrogens (tertiary/aromatic N) is 2. The predicted molar refractivity (Wildman–Crippen MR) is 111 cm³/mol. The summed E-state index contributed by atoms with van der Waals surface area (Å²) in [7, 11) is 0. The molecule has 26 heavy (non-hydrogen) atoms. The molecule has 3 rings (SSSR count). The van der Waals surface area contributed by atoms with Gasteiger partial charge in [-0.15, -0.1) is 0 Å². The maximum absolute atomic E-state index is 13.2. The summed E-state index contributed by atoms with van der Waals surface area (Å²) in [6.07, 6.45) is 0. The fourth-order valence-electron chi connectivity index (χ4n) is 3.72. The van der Waals surface area contributed by atoms with Crippen LogP contribution in [0.2, 0.25) is 0 Å². The van der Waals surface area contributed by atoms with E-state index in [1.807, 2.05) is 11.5 Å². The normalized spacial score (nSPS) is 11.3. The molecular formula is C23H28N2O. The Kier molecular flexibility index (Phi) is 4.43. The van der Waals surface area contributed by atoms with Crippen molar-refractivity contribution in [2.45, 2.75) is 55.0 Å². The van der Waals surface area contributed by atoms with Crippen LogP contribution in [0.1, 0.15) is 45.9 Å². The van der Waals surface area contributed by atoms with Gasteiger partial charge in [-0.2, -0.15) is 0 Å². The van der Waals surface area contributed by atoms with Crippen molar-refractivity contribution < 1.29 is 0 Å². The van der Waals surface area contributed by atoms with Crippen LogP contribution in [-0.4, -0.2) is 9.13 Å². The Bertz CT molecular complexity index is 1080. The van der Waals surface area contributed by atoms with Gasteiger partial charge in [0, 0.05) is 5.70 Å². The van der Waals surface area contributed by atoms with Crippen LogP contribution in [0, 0.1) is 41.5 Å². The molecule has 1 heterocycles. The van der Waals surface area contributed by atoms with Gasteiger partial charge in [-0.25, -0.2) is 4.79 Å². The lowest BCUT2D eigenvalue weighted by Crippen LogP contribution is -2.24. The van der Waals surface area contributed by atoms with Crippen LogP contribution in [0.4, 0.5) is 0 Å². The van der Waals surface area contributed by atoms with Crippen molar-refractivity contribution in [3.05, 3.63) is 74.2 Å². The van der Waals surface area contributed by atoms with Crippen LogP contribution in [0.15, 0.2) is 29.6 Å². The van der Waals surface area contributed by atoms with E-state index in [9.17, 15) is 4.79 Å². The molecule has 3 nitrogen and oxygen atoms in total. The molecule has 0 atom stereocenters. The average molecular weight is 348 g/mol. The van der Waals surface area contributed by atoms with E-state index >= 15 is 0 Å². The minimum absolute atomic E-state index is 0.0181. The van der Waals surface area contributed by atoms with Crippen LogP contribution >= 0.6 is 0 Å². The van der Waals surface area contributed by atoms with Crippen molar-refractivity contribution in [1.82, 2.24) is 9.13 Å². The van der Waals surface area contributed by atoms with Gasteiger partial charge < -0.3 is 0 Å². The first-order valence-electron chi connectivity index (χ1n) is 9.08. The molecule has 3 aromatic rings. The molecule has 0 aliphatic carbocycles. The minimum Gasteiger partial charge on any atom is -0.287 e. The van der Waals surface area contributed by atoms with Crippen molar-refractivity contribution >= 4 is 16.7 Å². The average Bonchev–Trinajstić information content (AvgIpc) is 2.81. The zero-order valence-corrected chi connectivity index (χ0v) is 16.9. The van der Waals surface area contributed by atoms with Crippen LogP contribution < -0.4 is 5.69 Å². The number of imidazole rings is 1. The van der Waals surface area contributed by atoms with Gasteiger partial charge in [-0.3, -0.25) is 9.13 Å². The highest BCUT2D eigenvalue weighted by atomic mass is 16.1. The van der Waals surface area contributed by atoms with E-state index < -0.39 is 0 Å². The molecule has 0 amide bonds. The second-order valence-corrected chi connectivity index (χ2v) is 7.60. The van der Waals surface area contributed by atoms with Crippen LogP contribution in [-0.2, 0) is 6.54 Å². The van der Waals surface area contributed by atoms with E-state index in [1.54, 1.807) is 4.57 Å². The topological polar surface area (TPSA) is 26.9 Å². The zero-order chi connectivity index (χ0) is 19.3. The van der Waals surface area contributed by atoms with Gasteiger partial charge in [0.2, 0.25) is 0 Å². The molecule has 1 aromatic heterocycles. The zero-order valence-electron chi connectivity index (χ0n) is 16.9. The number of aromatic nitrogens is 2. The summed E-state index contributed by atoms with van der Waals surface area (Å²) in [6.45, 7) is 19.2. The van der Waals surface area contributed by atoms with Crippen LogP contribution in [0.25, 0.3) is 16.7 Å². The molecule has 0 aliphatic rings. The van der Waals surface area contributed by atoms with Crippen molar-refractivity contribution in [1.29, 1.82) is 0 Å². The van der Waals surface area contributed by atoms with Crippen molar-refractivity contribution in [3.8, 4) is 0 Å². The van der Waals surface area contributed by atoms with Crippen molar-refractivity contribution in [2.75, 3.05) is 0 Å². The highest BCUT2D eigenvalue weighted by molar-refractivity contribution is 5.81. The predicted octanol–water partition coefficient (Wildman–Crippen LogP) is 5.19. The summed E-state index contributed by atoms with van der Waals surface area (Å²) in [5, 5.41) is 0. The molecule has 0 radical (unpaired) electrons. The Morgan fingerprint density at radius 3 is 1.85 bits per heavy atom. The molecule has 0 bridgehead atoms. The number of rotatable bonds is 3. The number of allylic oxidation sites excluding steroid dienone is 1. The molecular weight excluding hydrogens is 320 g/mol. The van der Waals surface area contributed by atoms with Gasteiger partial charge in [-0.1, -0.05) is 12.6 Å². The van der Waals surface area contributed by atoms with Crippen LogP contribution in [0.5, 0.6) is 0 Å². The third-order valence-corrected chi connectivity index (χ3v) is 5.76. The fraction of sp³-hybridized carbons (Fsp3) is 0.348. The molecule has 0 saturated carbocycles. The molecule has 0 fully saturated rings. The molecule has 0 N–H and O–H groups in total. The molecule has 0 unspecified atom stereocenters. The smallest absolute Gasteiger partial charge is 0.287 e. The van der Waals surface area contributed by atoms with Gasteiger partial charge in [0.1, 0.15) is 0 Å². The number of hydrogen-bond donors (Lipinski definition) is 0. The number of hydrogen-bond acceptors (Lipinski definition) is 1. The highest BCUT2D eigenvalue weighted by Crippen LogP contribution is 2.25. The standard InChI is InChI=1S/C23H28N2O/c1-13(2)25-22-11-15(4)14(3)10-21(22)24(23(25)26)12-20-18(7)16(5)9-17(6)19(20)8/h9-11H,1,12H2,2-8H3. The second kappa shape index (κ2) is 6.31. The molecule has 0 spiro atoms. The minimum atomic E-state index is -0.0181. The third kappa shape index (κ3) is 2.72. The van der Waals surface area contributed by atoms with Crippen LogP contribution in [0.3, 0.4) is 0 Å². The summed E-state index contributed by atoms with van der Waals surface area (Å²) >= 11 is 0. The molecule has 2 aromatic carbocycles. The summed E-state index contributed by atoms with van der Waals surface area (Å²) in [5.74, 6) is 0. The van der Waals surface area contributed by atoms with E-state index in [0.29, 0.717) is 6.54 Å². The van der Waals surface area contributed by atoms with Gasteiger partial charge in [0.05, 0.1) is 17.6 Å². The lowest BCUT2D eigenvalue weighted by Gasteiger charge is -2.16. The van der Waals surface area contributed by atoms with Gasteiger partial charge in [0.15, 0.2) is 0 Å². The van der Waals surface area contributed by atoms with Gasteiger partial charge in [0.25, 0.3) is 0 Å². The Morgan fingerprint density at radius 2 is 1.35 bits per heavy atom. The van der Waals surface area contributed by atoms with Crippen molar-refractivity contribution in [3.63, 3.8) is 0 Å². The van der Waals surface area contributed by atoms with Crippen molar-refractivity contribution in [2.24, 2.45) is 0 Å². The summed E-state index contributed by atoms with van der Waals surface area (Å²) in [4.78, 5) is 13.2. The molecule has 3 heteroatoms. The SMILES string of the molecule is C=C(C)n1c(=O)n(Cc2c(C)c(C)cc(C)c2C)c2cc(C)c(C)cc21. The van der Waals surface area contributed by atoms with E-state index in [2.05, 4.69) is 66.3 Å². The number of benzene rings is 2. The quantitative estimate of drug-likeness (QED) is 0.640.